The standard InChI is InChI=1S/C24H48O4/c1-8-10-11-13-16-21(5)17-14-12-15-18-27-24(6,7)23(25)26-19-22(9-2)28-20(3)4/h20-22H,8-19H2,1-7H3. The van der Waals surface area contributed by atoms with Gasteiger partial charge in [-0.1, -0.05) is 72.1 Å². The normalized spacial score (nSPS) is 14.3. The number of unbranched alkanes of at least 4 members (excludes halogenated alkanes) is 5. The first-order chi connectivity index (χ1) is 13.2. The largest absolute Gasteiger partial charge is 0.461 e. The molecule has 0 aliphatic carbocycles. The molecule has 0 bridgehead atoms. The lowest BCUT2D eigenvalue weighted by Gasteiger charge is -2.25. The molecule has 0 spiro atoms. The van der Waals surface area contributed by atoms with E-state index in [0.717, 1.165) is 25.2 Å². The van der Waals surface area contributed by atoms with E-state index in [1.54, 1.807) is 13.8 Å². The van der Waals surface area contributed by atoms with Gasteiger partial charge in [0.25, 0.3) is 0 Å². The monoisotopic (exact) mass is 400 g/mol. The summed E-state index contributed by atoms with van der Waals surface area (Å²) in [6, 6.07) is 0. The lowest BCUT2D eigenvalue weighted by Crippen LogP contribution is -2.39. The van der Waals surface area contributed by atoms with E-state index in [-0.39, 0.29) is 24.8 Å². The zero-order valence-corrected chi connectivity index (χ0v) is 19.9. The molecule has 2 unspecified atom stereocenters. The van der Waals surface area contributed by atoms with E-state index in [1.807, 2.05) is 20.8 Å². The van der Waals surface area contributed by atoms with Crippen LogP contribution in [0.3, 0.4) is 0 Å². The van der Waals surface area contributed by atoms with Gasteiger partial charge < -0.3 is 14.2 Å². The number of hydrogen-bond donors (Lipinski definition) is 0. The van der Waals surface area contributed by atoms with Crippen molar-refractivity contribution < 1.29 is 19.0 Å². The van der Waals surface area contributed by atoms with Crippen molar-refractivity contribution in [3.8, 4) is 0 Å². The van der Waals surface area contributed by atoms with Crippen LogP contribution in [0.4, 0.5) is 0 Å². The molecule has 0 saturated carbocycles. The average Bonchev–Trinajstić information content (AvgIpc) is 2.64. The molecule has 0 N–H and O–H groups in total. The average molecular weight is 401 g/mol. The molecule has 0 aromatic heterocycles. The zero-order valence-electron chi connectivity index (χ0n) is 19.9. The second-order valence-electron chi connectivity index (χ2n) is 8.98. The van der Waals surface area contributed by atoms with Crippen molar-refractivity contribution in [3.05, 3.63) is 0 Å². The molecule has 0 saturated heterocycles. The maximum atomic E-state index is 12.3. The van der Waals surface area contributed by atoms with E-state index in [4.69, 9.17) is 14.2 Å². The van der Waals surface area contributed by atoms with Gasteiger partial charge in [0, 0.05) is 6.61 Å². The maximum absolute atomic E-state index is 12.3. The molecule has 0 amide bonds. The Bertz CT molecular complexity index is 379. The minimum Gasteiger partial charge on any atom is -0.461 e. The van der Waals surface area contributed by atoms with E-state index in [1.165, 1.54) is 44.9 Å². The summed E-state index contributed by atoms with van der Waals surface area (Å²) in [7, 11) is 0. The molecule has 28 heavy (non-hydrogen) atoms. The van der Waals surface area contributed by atoms with E-state index < -0.39 is 5.60 Å². The summed E-state index contributed by atoms with van der Waals surface area (Å²) >= 11 is 0. The Kier molecular flexibility index (Phi) is 15.9. The van der Waals surface area contributed by atoms with Gasteiger partial charge >= 0.3 is 5.97 Å². The summed E-state index contributed by atoms with van der Waals surface area (Å²) in [6.07, 6.45) is 12.4. The second kappa shape index (κ2) is 16.2. The quantitative estimate of drug-likeness (QED) is 0.190. The molecular weight excluding hydrogens is 352 g/mol. The van der Waals surface area contributed by atoms with E-state index in [2.05, 4.69) is 13.8 Å². The predicted octanol–water partition coefficient (Wildman–Crippen LogP) is 6.70. The Morgan fingerprint density at radius 2 is 1.50 bits per heavy atom. The molecule has 2 atom stereocenters. The molecule has 0 aromatic carbocycles. The minimum absolute atomic E-state index is 0.0521. The topological polar surface area (TPSA) is 44.8 Å². The van der Waals surface area contributed by atoms with Crippen LogP contribution in [0.25, 0.3) is 0 Å². The lowest BCUT2D eigenvalue weighted by molar-refractivity contribution is -0.173. The fourth-order valence-electron chi connectivity index (χ4n) is 3.20. The van der Waals surface area contributed by atoms with Crippen LogP contribution in [0.1, 0.15) is 113 Å². The van der Waals surface area contributed by atoms with Gasteiger partial charge in [-0.2, -0.15) is 0 Å². The molecule has 4 heteroatoms. The summed E-state index contributed by atoms with van der Waals surface area (Å²) in [4.78, 5) is 12.3. The van der Waals surface area contributed by atoms with Crippen LogP contribution < -0.4 is 0 Å². The van der Waals surface area contributed by atoms with Crippen LogP contribution in [0.15, 0.2) is 0 Å². The minimum atomic E-state index is -0.900. The number of esters is 1. The summed E-state index contributed by atoms with van der Waals surface area (Å²) in [5.41, 5.74) is -0.900. The lowest BCUT2D eigenvalue weighted by atomic mass is 9.97. The highest BCUT2D eigenvalue weighted by Gasteiger charge is 2.30. The highest BCUT2D eigenvalue weighted by atomic mass is 16.6. The Hall–Kier alpha value is -0.610. The van der Waals surface area contributed by atoms with Gasteiger partial charge in [-0.05, 0) is 46.5 Å². The van der Waals surface area contributed by atoms with Gasteiger partial charge in [0.1, 0.15) is 6.61 Å². The first-order valence-electron chi connectivity index (χ1n) is 11.7. The molecule has 0 aromatic rings. The third kappa shape index (κ3) is 14.4. The van der Waals surface area contributed by atoms with Crippen LogP contribution in [-0.2, 0) is 19.0 Å². The predicted molar refractivity (Wildman–Crippen MR) is 118 cm³/mol. The molecular formula is C24H48O4. The van der Waals surface area contributed by atoms with E-state index >= 15 is 0 Å². The van der Waals surface area contributed by atoms with Crippen LogP contribution in [0, 0.1) is 5.92 Å². The molecule has 0 radical (unpaired) electrons. The summed E-state index contributed by atoms with van der Waals surface area (Å²) in [5.74, 6) is 0.516. The SMILES string of the molecule is CCCCCCC(C)CCCCCOC(C)(C)C(=O)OCC(CC)OC(C)C. The van der Waals surface area contributed by atoms with Crippen molar-refractivity contribution in [2.75, 3.05) is 13.2 Å². The molecule has 0 aliphatic rings. The van der Waals surface area contributed by atoms with Crippen molar-refractivity contribution in [1.29, 1.82) is 0 Å². The molecule has 0 aliphatic heterocycles. The van der Waals surface area contributed by atoms with Crippen LogP contribution in [0.5, 0.6) is 0 Å². The Labute approximate surface area is 175 Å². The first-order valence-corrected chi connectivity index (χ1v) is 11.7. The van der Waals surface area contributed by atoms with E-state index in [9.17, 15) is 4.79 Å². The Morgan fingerprint density at radius 3 is 2.04 bits per heavy atom. The smallest absolute Gasteiger partial charge is 0.337 e. The van der Waals surface area contributed by atoms with Crippen molar-refractivity contribution in [1.82, 2.24) is 0 Å². The Balaban J connectivity index is 3.87. The van der Waals surface area contributed by atoms with Gasteiger partial charge in [0.15, 0.2) is 5.60 Å². The highest BCUT2D eigenvalue weighted by Crippen LogP contribution is 2.18. The maximum Gasteiger partial charge on any atom is 0.337 e. The number of carbonyl (C=O) groups is 1. The first kappa shape index (κ1) is 27.4. The fourth-order valence-corrected chi connectivity index (χ4v) is 3.20. The molecule has 4 nitrogen and oxygen atoms in total. The van der Waals surface area contributed by atoms with Crippen molar-refractivity contribution in [3.63, 3.8) is 0 Å². The van der Waals surface area contributed by atoms with Crippen LogP contribution in [-0.4, -0.2) is 37.0 Å². The van der Waals surface area contributed by atoms with Crippen LogP contribution >= 0.6 is 0 Å². The highest BCUT2D eigenvalue weighted by molar-refractivity contribution is 5.78. The van der Waals surface area contributed by atoms with Gasteiger partial charge in [0.2, 0.25) is 0 Å². The zero-order chi connectivity index (χ0) is 21.4. The molecule has 0 heterocycles. The third-order valence-corrected chi connectivity index (χ3v) is 5.17. The number of rotatable bonds is 18. The summed E-state index contributed by atoms with van der Waals surface area (Å²) < 4.78 is 17.0. The van der Waals surface area contributed by atoms with Gasteiger partial charge in [-0.15, -0.1) is 0 Å². The number of hydrogen-bond acceptors (Lipinski definition) is 4. The van der Waals surface area contributed by atoms with Gasteiger partial charge in [-0.3, -0.25) is 0 Å². The third-order valence-electron chi connectivity index (χ3n) is 5.17. The van der Waals surface area contributed by atoms with Gasteiger partial charge in [-0.25, -0.2) is 4.79 Å². The second-order valence-corrected chi connectivity index (χ2v) is 8.98. The molecule has 168 valence electrons. The van der Waals surface area contributed by atoms with Crippen molar-refractivity contribution in [2.45, 2.75) is 130 Å². The Morgan fingerprint density at radius 1 is 0.893 bits per heavy atom. The number of carbonyl (C=O) groups excluding carboxylic acids is 1. The van der Waals surface area contributed by atoms with Crippen molar-refractivity contribution in [2.24, 2.45) is 5.92 Å². The fraction of sp³-hybridized carbons (Fsp3) is 0.958. The van der Waals surface area contributed by atoms with Crippen molar-refractivity contribution >= 4 is 5.97 Å². The summed E-state index contributed by atoms with van der Waals surface area (Å²) in [6.45, 7) is 15.1. The van der Waals surface area contributed by atoms with Crippen LogP contribution in [0.2, 0.25) is 0 Å². The van der Waals surface area contributed by atoms with E-state index in [0.29, 0.717) is 6.61 Å². The number of ether oxygens (including phenoxy) is 3. The molecule has 0 fully saturated rings. The summed E-state index contributed by atoms with van der Waals surface area (Å²) in [5, 5.41) is 0. The van der Waals surface area contributed by atoms with Gasteiger partial charge in [0.05, 0.1) is 12.2 Å². The molecule has 0 rings (SSSR count).